The molecule has 5 nitrogen and oxygen atoms in total. The molecule has 1 fully saturated rings. The Labute approximate surface area is 145 Å². The minimum Gasteiger partial charge on any atom is -0.348 e. The van der Waals surface area contributed by atoms with Crippen LogP contribution in [0.1, 0.15) is 47.7 Å². The highest BCUT2D eigenvalue weighted by molar-refractivity contribution is 5.92. The van der Waals surface area contributed by atoms with Gasteiger partial charge in [-0.1, -0.05) is 30.3 Å². The highest BCUT2D eigenvalue weighted by Crippen LogP contribution is 2.32. The first-order chi connectivity index (χ1) is 12.2. The molecule has 1 aromatic heterocycles. The highest BCUT2D eigenvalue weighted by atomic mass is 19.1. The minimum absolute atomic E-state index is 0.107. The number of benzene rings is 1. The molecule has 0 bridgehead atoms. The van der Waals surface area contributed by atoms with E-state index in [0.717, 1.165) is 30.4 Å². The van der Waals surface area contributed by atoms with E-state index in [2.05, 4.69) is 34.7 Å². The number of halogens is 1. The number of alkyl halides is 1. The Balaban J connectivity index is 1.58. The Morgan fingerprint density at radius 1 is 1.12 bits per heavy atom. The molecule has 1 saturated carbocycles. The molecule has 2 aromatic rings. The Kier molecular flexibility index (Phi) is 5.58. The Morgan fingerprint density at radius 3 is 2.52 bits per heavy atom. The number of rotatable bonds is 5. The second kappa shape index (κ2) is 8.05. The van der Waals surface area contributed by atoms with Crippen LogP contribution in [0.4, 0.5) is 4.39 Å². The normalized spacial score (nSPS) is 20.2. The van der Waals surface area contributed by atoms with Crippen molar-refractivity contribution in [2.24, 2.45) is 0 Å². The lowest BCUT2D eigenvalue weighted by molar-refractivity contribution is 0.0918. The molecule has 1 amide bonds. The second-order valence-corrected chi connectivity index (χ2v) is 6.40. The number of nitrogens with zero attached hydrogens (tertiary/aromatic N) is 2. The Morgan fingerprint density at radius 2 is 1.84 bits per heavy atom. The molecule has 1 N–H and O–H groups in total. The van der Waals surface area contributed by atoms with Crippen LogP contribution in [0.15, 0.2) is 47.3 Å². The number of carbonyl (C=O) groups is 1. The highest BCUT2D eigenvalue weighted by Gasteiger charge is 2.24. The molecule has 0 aliphatic heterocycles. The zero-order valence-electron chi connectivity index (χ0n) is 14.0. The molecule has 0 radical (unpaired) electrons. The van der Waals surface area contributed by atoms with Gasteiger partial charge in [-0.2, -0.15) is 5.10 Å². The number of hydrogen-bond donors (Lipinski definition) is 1. The van der Waals surface area contributed by atoms with Gasteiger partial charge in [-0.3, -0.25) is 9.59 Å². The largest absolute Gasteiger partial charge is 0.348 e. The molecule has 6 heteroatoms. The van der Waals surface area contributed by atoms with Crippen molar-refractivity contribution in [3.05, 3.63) is 64.1 Å². The smallest absolute Gasteiger partial charge is 0.271 e. The lowest BCUT2D eigenvalue weighted by atomic mass is 9.82. The standard InChI is InChI=1S/C19H22FN3O2/c20-12-13-23-18(24)11-10-17(22-23)19(25)21-16-8-6-15(7-9-16)14-4-2-1-3-5-14/h1-5,10-11,15-16H,6-9,12-13H2,(H,21,25). The fourth-order valence-electron chi connectivity index (χ4n) is 3.37. The van der Waals surface area contributed by atoms with Crippen molar-refractivity contribution in [1.29, 1.82) is 0 Å². The zero-order valence-corrected chi connectivity index (χ0v) is 14.0. The number of amides is 1. The van der Waals surface area contributed by atoms with Crippen molar-refractivity contribution >= 4 is 5.91 Å². The summed E-state index contributed by atoms with van der Waals surface area (Å²) >= 11 is 0. The number of nitrogens with one attached hydrogen (secondary N) is 1. The summed E-state index contributed by atoms with van der Waals surface area (Å²) in [5, 5.41) is 6.93. The predicted octanol–water partition coefficient (Wildman–Crippen LogP) is 2.67. The van der Waals surface area contributed by atoms with Gasteiger partial charge in [0.2, 0.25) is 0 Å². The van der Waals surface area contributed by atoms with E-state index in [1.54, 1.807) is 0 Å². The first-order valence-corrected chi connectivity index (χ1v) is 8.67. The van der Waals surface area contributed by atoms with Crippen LogP contribution in [0.2, 0.25) is 0 Å². The maximum Gasteiger partial charge on any atom is 0.271 e. The Hall–Kier alpha value is -2.50. The van der Waals surface area contributed by atoms with Gasteiger partial charge in [-0.25, -0.2) is 9.07 Å². The van der Waals surface area contributed by atoms with Crippen molar-refractivity contribution in [1.82, 2.24) is 15.1 Å². The lowest BCUT2D eigenvalue weighted by Crippen LogP contribution is -2.38. The van der Waals surface area contributed by atoms with E-state index in [-0.39, 0.29) is 24.2 Å². The van der Waals surface area contributed by atoms with E-state index in [4.69, 9.17) is 0 Å². The molecule has 1 aliphatic rings. The molecular formula is C19H22FN3O2. The van der Waals surface area contributed by atoms with Crippen LogP contribution in [0.5, 0.6) is 0 Å². The quantitative estimate of drug-likeness (QED) is 0.908. The second-order valence-electron chi connectivity index (χ2n) is 6.40. The average molecular weight is 343 g/mol. The third-order valence-electron chi connectivity index (χ3n) is 4.73. The van der Waals surface area contributed by atoms with Crippen LogP contribution in [0.3, 0.4) is 0 Å². The van der Waals surface area contributed by atoms with Crippen molar-refractivity contribution in [2.75, 3.05) is 6.67 Å². The van der Waals surface area contributed by atoms with Crippen LogP contribution in [0.25, 0.3) is 0 Å². The fourth-order valence-corrected chi connectivity index (χ4v) is 3.37. The van der Waals surface area contributed by atoms with Crippen LogP contribution >= 0.6 is 0 Å². The summed E-state index contributed by atoms with van der Waals surface area (Å²) in [6.45, 7) is -0.830. The number of carbonyl (C=O) groups excluding carboxylic acids is 1. The van der Waals surface area contributed by atoms with Crippen LogP contribution < -0.4 is 10.9 Å². The van der Waals surface area contributed by atoms with Crippen LogP contribution in [-0.2, 0) is 6.54 Å². The summed E-state index contributed by atoms with van der Waals surface area (Å²) in [4.78, 5) is 23.9. The number of hydrogen-bond acceptors (Lipinski definition) is 3. The predicted molar refractivity (Wildman–Crippen MR) is 93.4 cm³/mol. The van der Waals surface area contributed by atoms with E-state index < -0.39 is 12.2 Å². The minimum atomic E-state index is -0.693. The SMILES string of the molecule is O=C(NC1CCC(c2ccccc2)CC1)c1ccc(=O)n(CCF)n1. The summed E-state index contributed by atoms with van der Waals surface area (Å²) in [7, 11) is 0. The van der Waals surface area contributed by atoms with Crippen molar-refractivity contribution < 1.29 is 9.18 Å². The van der Waals surface area contributed by atoms with Gasteiger partial charge >= 0.3 is 0 Å². The summed E-state index contributed by atoms with van der Waals surface area (Å²) in [6, 6.07) is 13.2. The van der Waals surface area contributed by atoms with Crippen LogP contribution in [-0.4, -0.2) is 28.4 Å². The zero-order chi connectivity index (χ0) is 17.6. The van der Waals surface area contributed by atoms with Gasteiger partial charge < -0.3 is 5.32 Å². The molecule has 25 heavy (non-hydrogen) atoms. The average Bonchev–Trinajstić information content (AvgIpc) is 2.65. The van der Waals surface area contributed by atoms with Crippen molar-refractivity contribution in [3.63, 3.8) is 0 Å². The van der Waals surface area contributed by atoms with Gasteiger partial charge in [0.05, 0.1) is 6.54 Å². The number of aromatic nitrogens is 2. The molecular weight excluding hydrogens is 321 g/mol. The van der Waals surface area contributed by atoms with Gasteiger partial charge in [-0.15, -0.1) is 0 Å². The van der Waals surface area contributed by atoms with Crippen molar-refractivity contribution in [2.45, 2.75) is 44.2 Å². The van der Waals surface area contributed by atoms with Crippen LogP contribution in [0, 0.1) is 0 Å². The van der Waals surface area contributed by atoms with Gasteiger partial charge in [0.1, 0.15) is 12.4 Å². The molecule has 1 aliphatic carbocycles. The van der Waals surface area contributed by atoms with E-state index >= 15 is 0 Å². The van der Waals surface area contributed by atoms with E-state index in [0.29, 0.717) is 5.92 Å². The van der Waals surface area contributed by atoms with E-state index in [1.165, 1.54) is 17.7 Å². The maximum atomic E-state index is 12.4. The third-order valence-corrected chi connectivity index (χ3v) is 4.73. The molecule has 3 rings (SSSR count). The van der Waals surface area contributed by atoms with Gasteiger partial charge in [0.15, 0.2) is 0 Å². The Bertz CT molecular complexity index is 768. The molecule has 0 saturated heterocycles. The van der Waals surface area contributed by atoms with Crippen molar-refractivity contribution in [3.8, 4) is 0 Å². The van der Waals surface area contributed by atoms with Gasteiger partial charge in [0.25, 0.3) is 11.5 Å². The first kappa shape index (κ1) is 17.3. The molecule has 1 heterocycles. The summed E-state index contributed by atoms with van der Waals surface area (Å²) in [6.07, 6.45) is 3.89. The number of aryl methyl sites for hydroxylation is 1. The fraction of sp³-hybridized carbons (Fsp3) is 0.421. The summed E-state index contributed by atoms with van der Waals surface area (Å²) in [5.74, 6) is 0.231. The summed E-state index contributed by atoms with van der Waals surface area (Å²) < 4.78 is 13.4. The third kappa shape index (κ3) is 4.32. The monoisotopic (exact) mass is 343 g/mol. The molecule has 0 atom stereocenters. The molecule has 132 valence electrons. The van der Waals surface area contributed by atoms with Gasteiger partial charge in [0, 0.05) is 12.1 Å². The topological polar surface area (TPSA) is 64.0 Å². The molecule has 0 unspecified atom stereocenters. The van der Waals surface area contributed by atoms with Gasteiger partial charge in [-0.05, 0) is 43.2 Å². The maximum absolute atomic E-state index is 12.4. The first-order valence-electron chi connectivity index (χ1n) is 8.67. The van der Waals surface area contributed by atoms with E-state index in [1.807, 2.05) is 6.07 Å². The molecule has 0 spiro atoms. The lowest BCUT2D eigenvalue weighted by Gasteiger charge is -2.29. The van der Waals surface area contributed by atoms with E-state index in [9.17, 15) is 14.0 Å². The molecule has 1 aromatic carbocycles. The summed E-state index contributed by atoms with van der Waals surface area (Å²) in [5.41, 5.74) is 1.10.